The average molecular weight is 340 g/mol. The van der Waals surface area contributed by atoms with E-state index in [4.69, 9.17) is 11.6 Å². The highest BCUT2D eigenvalue weighted by Gasteiger charge is 2.27. The summed E-state index contributed by atoms with van der Waals surface area (Å²) in [6.07, 6.45) is 5.38. The molecule has 1 saturated heterocycles. The molecular weight excluding hydrogens is 314 g/mol. The second kappa shape index (κ2) is 7.34. The summed E-state index contributed by atoms with van der Waals surface area (Å²) in [4.78, 5) is 22.8. The normalized spacial score (nSPS) is 20.0. The number of halogens is 1. The highest BCUT2D eigenvalue weighted by molar-refractivity contribution is 6.30. The van der Waals surface area contributed by atoms with Crippen LogP contribution in [0, 0.1) is 5.92 Å². The summed E-state index contributed by atoms with van der Waals surface area (Å²) in [7, 11) is 0. The Labute approximate surface area is 143 Å². The Morgan fingerprint density at radius 1 is 1.39 bits per heavy atom. The van der Waals surface area contributed by atoms with Gasteiger partial charge < -0.3 is 15.5 Å². The molecule has 0 spiro atoms. The molecule has 2 N–H and O–H groups in total. The number of piperidine rings is 1. The van der Waals surface area contributed by atoms with Crippen LogP contribution in [-0.2, 0) is 0 Å². The van der Waals surface area contributed by atoms with E-state index < -0.39 is 0 Å². The van der Waals surface area contributed by atoms with E-state index in [1.807, 2.05) is 20.8 Å². The number of carbonyl (C=O) groups excluding carboxylic acids is 1. The smallest absolute Gasteiger partial charge is 0.315 e. The van der Waals surface area contributed by atoms with Crippen LogP contribution in [0.15, 0.2) is 12.4 Å². The van der Waals surface area contributed by atoms with Gasteiger partial charge in [-0.15, -0.1) is 0 Å². The van der Waals surface area contributed by atoms with Crippen LogP contribution in [0.5, 0.6) is 0 Å². The summed E-state index contributed by atoms with van der Waals surface area (Å²) in [5.41, 5.74) is -0.237. The Hall–Kier alpha value is -1.56. The molecule has 6 nitrogen and oxygen atoms in total. The van der Waals surface area contributed by atoms with Gasteiger partial charge in [-0.1, -0.05) is 11.6 Å². The third-order valence-electron chi connectivity index (χ3n) is 3.90. The van der Waals surface area contributed by atoms with Gasteiger partial charge in [0.1, 0.15) is 0 Å². The number of hydrogen-bond acceptors (Lipinski definition) is 4. The first-order valence-electron chi connectivity index (χ1n) is 8.06. The highest BCUT2D eigenvalue weighted by atomic mass is 35.5. The molecule has 0 saturated carbocycles. The van der Waals surface area contributed by atoms with Crippen LogP contribution in [0.1, 0.15) is 40.5 Å². The van der Waals surface area contributed by atoms with E-state index in [2.05, 4.69) is 32.4 Å². The van der Waals surface area contributed by atoms with Crippen LogP contribution < -0.4 is 15.5 Å². The SMILES string of the molecule is C[C@H](NC(=O)NC(C)(C)C)[C@H]1CCCN(c2ncc(Cl)cn2)C1. The third kappa shape index (κ3) is 5.53. The zero-order valence-electron chi connectivity index (χ0n) is 14.3. The van der Waals surface area contributed by atoms with E-state index in [1.54, 1.807) is 12.4 Å². The van der Waals surface area contributed by atoms with E-state index in [0.717, 1.165) is 25.9 Å². The molecule has 128 valence electrons. The zero-order chi connectivity index (χ0) is 17.0. The maximum Gasteiger partial charge on any atom is 0.315 e. The van der Waals surface area contributed by atoms with Crippen molar-refractivity contribution in [3.8, 4) is 0 Å². The average Bonchev–Trinajstić information content (AvgIpc) is 2.46. The van der Waals surface area contributed by atoms with Gasteiger partial charge >= 0.3 is 6.03 Å². The molecule has 23 heavy (non-hydrogen) atoms. The molecule has 0 unspecified atom stereocenters. The maximum atomic E-state index is 12.0. The van der Waals surface area contributed by atoms with Gasteiger partial charge in [0.2, 0.25) is 5.95 Å². The number of urea groups is 1. The molecule has 0 aromatic carbocycles. The zero-order valence-corrected chi connectivity index (χ0v) is 15.0. The lowest BCUT2D eigenvalue weighted by Crippen LogP contribution is -2.52. The lowest BCUT2D eigenvalue weighted by atomic mass is 9.92. The molecule has 2 amide bonds. The lowest BCUT2D eigenvalue weighted by molar-refractivity contribution is 0.221. The predicted molar refractivity (Wildman–Crippen MR) is 92.9 cm³/mol. The first kappa shape index (κ1) is 17.8. The van der Waals surface area contributed by atoms with Crippen molar-refractivity contribution >= 4 is 23.6 Å². The second-order valence-electron chi connectivity index (χ2n) is 7.19. The fourth-order valence-electron chi connectivity index (χ4n) is 2.77. The fraction of sp³-hybridized carbons (Fsp3) is 0.688. The molecule has 7 heteroatoms. The fourth-order valence-corrected chi connectivity index (χ4v) is 2.87. The van der Waals surface area contributed by atoms with Gasteiger partial charge in [-0.25, -0.2) is 14.8 Å². The van der Waals surface area contributed by atoms with Crippen molar-refractivity contribution in [1.82, 2.24) is 20.6 Å². The van der Waals surface area contributed by atoms with Crippen molar-refractivity contribution in [2.24, 2.45) is 5.92 Å². The van der Waals surface area contributed by atoms with Crippen molar-refractivity contribution in [1.29, 1.82) is 0 Å². The third-order valence-corrected chi connectivity index (χ3v) is 4.10. The van der Waals surface area contributed by atoms with Crippen LogP contribution in [0.2, 0.25) is 5.02 Å². The second-order valence-corrected chi connectivity index (χ2v) is 7.62. The van der Waals surface area contributed by atoms with E-state index >= 15 is 0 Å². The Kier molecular flexibility index (Phi) is 5.68. The Balaban J connectivity index is 1.92. The number of nitrogens with one attached hydrogen (secondary N) is 2. The van der Waals surface area contributed by atoms with Crippen molar-refractivity contribution in [2.45, 2.75) is 52.1 Å². The summed E-state index contributed by atoms with van der Waals surface area (Å²) in [5.74, 6) is 1.07. The summed E-state index contributed by atoms with van der Waals surface area (Å²) < 4.78 is 0. The first-order valence-corrected chi connectivity index (χ1v) is 8.43. The predicted octanol–water partition coefficient (Wildman–Crippen LogP) is 2.83. The molecule has 1 aliphatic rings. The van der Waals surface area contributed by atoms with Crippen LogP contribution in [0.3, 0.4) is 0 Å². The number of hydrogen-bond donors (Lipinski definition) is 2. The van der Waals surface area contributed by atoms with Crippen LogP contribution >= 0.6 is 11.6 Å². The van der Waals surface area contributed by atoms with Gasteiger partial charge in [-0.3, -0.25) is 0 Å². The van der Waals surface area contributed by atoms with E-state index in [-0.39, 0.29) is 17.6 Å². The minimum atomic E-state index is -0.237. The topological polar surface area (TPSA) is 70.2 Å². The first-order chi connectivity index (χ1) is 10.7. The summed E-state index contributed by atoms with van der Waals surface area (Å²) in [6, 6.07) is -0.0303. The molecule has 1 aromatic rings. The van der Waals surface area contributed by atoms with Crippen molar-refractivity contribution in [3.05, 3.63) is 17.4 Å². The largest absolute Gasteiger partial charge is 0.340 e. The molecule has 0 aliphatic carbocycles. The summed E-state index contributed by atoms with van der Waals surface area (Å²) in [5, 5.41) is 6.52. The quantitative estimate of drug-likeness (QED) is 0.888. The molecule has 1 aliphatic heterocycles. The molecule has 1 aromatic heterocycles. The van der Waals surface area contributed by atoms with Crippen LogP contribution in [0.25, 0.3) is 0 Å². The number of rotatable bonds is 3. The highest BCUT2D eigenvalue weighted by Crippen LogP contribution is 2.23. The van der Waals surface area contributed by atoms with Crippen LogP contribution in [-0.4, -0.2) is 40.7 Å². The van der Waals surface area contributed by atoms with E-state index in [0.29, 0.717) is 16.9 Å². The van der Waals surface area contributed by atoms with Gasteiger partial charge in [0.15, 0.2) is 0 Å². The van der Waals surface area contributed by atoms with Crippen molar-refractivity contribution in [3.63, 3.8) is 0 Å². The van der Waals surface area contributed by atoms with Gasteiger partial charge in [-0.2, -0.15) is 0 Å². The molecule has 2 heterocycles. The van der Waals surface area contributed by atoms with Crippen molar-refractivity contribution in [2.75, 3.05) is 18.0 Å². The summed E-state index contributed by atoms with van der Waals surface area (Å²) >= 11 is 5.84. The summed E-state index contributed by atoms with van der Waals surface area (Å²) in [6.45, 7) is 9.73. The lowest BCUT2D eigenvalue weighted by Gasteiger charge is -2.36. The molecule has 0 bridgehead atoms. The Morgan fingerprint density at radius 2 is 2.04 bits per heavy atom. The Bertz CT molecular complexity index is 528. The van der Waals surface area contributed by atoms with E-state index in [9.17, 15) is 4.79 Å². The molecule has 0 radical (unpaired) electrons. The van der Waals surface area contributed by atoms with E-state index in [1.165, 1.54) is 0 Å². The minimum Gasteiger partial charge on any atom is -0.340 e. The number of nitrogens with zero attached hydrogens (tertiary/aromatic N) is 3. The van der Waals surface area contributed by atoms with Gasteiger partial charge in [-0.05, 0) is 46.5 Å². The van der Waals surface area contributed by atoms with Crippen LogP contribution in [0.4, 0.5) is 10.7 Å². The molecule has 2 atom stereocenters. The molecule has 2 rings (SSSR count). The van der Waals surface area contributed by atoms with Crippen molar-refractivity contribution < 1.29 is 4.79 Å². The van der Waals surface area contributed by atoms with Gasteiger partial charge in [0.05, 0.1) is 17.4 Å². The number of anilines is 1. The van der Waals surface area contributed by atoms with Gasteiger partial charge in [0.25, 0.3) is 0 Å². The number of aromatic nitrogens is 2. The maximum absolute atomic E-state index is 12.0. The number of carbonyl (C=O) groups is 1. The monoisotopic (exact) mass is 339 g/mol. The molecule has 1 fully saturated rings. The standard InChI is InChI=1S/C16H26ClN5O/c1-11(20-15(23)21-16(2,3)4)12-6-5-7-22(10-12)14-18-8-13(17)9-19-14/h8-9,11-12H,5-7,10H2,1-4H3,(H2,20,21,23)/t11-,12-/m0/s1. The minimum absolute atomic E-state index is 0.0902. The molecular formula is C16H26ClN5O. The Morgan fingerprint density at radius 3 is 2.65 bits per heavy atom. The van der Waals surface area contributed by atoms with Gasteiger partial charge in [0, 0.05) is 24.7 Å². The number of amides is 2.